The number of fused-ring (bicyclic) bond motifs is 1. The minimum atomic E-state index is -5.13. The van der Waals surface area contributed by atoms with Crippen molar-refractivity contribution >= 4 is 18.3 Å². The summed E-state index contributed by atoms with van der Waals surface area (Å²) in [4.78, 5) is 25.8. The molecule has 0 saturated carbocycles. The van der Waals surface area contributed by atoms with E-state index in [9.17, 15) is 49.1 Å². The average Bonchev–Trinajstić information content (AvgIpc) is 2.87. The molecule has 0 aliphatic carbocycles. The number of anilines is 1. The Bertz CT molecular complexity index is 1200. The highest BCUT2D eigenvalue weighted by molar-refractivity contribution is 5.70. The minimum absolute atomic E-state index is 0.00185. The van der Waals surface area contributed by atoms with Gasteiger partial charge >= 0.3 is 24.6 Å². The van der Waals surface area contributed by atoms with Crippen molar-refractivity contribution < 1.29 is 58.6 Å². The maximum atomic E-state index is 13.5. The molecule has 3 rings (SSSR count). The Hall–Kier alpha value is -3.65. The fraction of sp³-hybridized carbons (Fsp3) is 0.440. The minimum Gasteiger partial charge on any atom is -0.466 e. The molecule has 0 N–H and O–H groups in total. The molecule has 40 heavy (non-hydrogen) atoms. The van der Waals surface area contributed by atoms with E-state index in [0.29, 0.717) is 12.1 Å². The van der Waals surface area contributed by atoms with Gasteiger partial charge in [0.05, 0.1) is 35.9 Å². The largest absolute Gasteiger partial charge is 0.466 e. The predicted molar refractivity (Wildman–Crippen MR) is 122 cm³/mol. The Balaban J connectivity index is 2.12. The highest BCUT2D eigenvalue weighted by Crippen LogP contribution is 2.43. The summed E-state index contributed by atoms with van der Waals surface area (Å²) < 4.78 is 130. The molecule has 0 aromatic heterocycles. The molecule has 220 valence electrons. The first-order valence-electron chi connectivity index (χ1n) is 11.6. The summed E-state index contributed by atoms with van der Waals surface area (Å²) in [5, 5.41) is 0. The molecule has 1 heterocycles. The third kappa shape index (κ3) is 6.91. The van der Waals surface area contributed by atoms with Crippen molar-refractivity contribution in [3.05, 3.63) is 64.2 Å². The highest BCUT2D eigenvalue weighted by atomic mass is 19.4. The summed E-state index contributed by atoms with van der Waals surface area (Å²) in [6.07, 6.45) is -16.1. The Labute approximate surface area is 222 Å². The van der Waals surface area contributed by atoms with Gasteiger partial charge in [0.15, 0.2) is 0 Å². The van der Waals surface area contributed by atoms with Crippen LogP contribution < -0.4 is 4.90 Å². The number of methoxy groups -OCH3 is 1. The van der Waals surface area contributed by atoms with E-state index in [0.717, 1.165) is 30.2 Å². The molecule has 6 nitrogen and oxygen atoms in total. The molecule has 1 amide bonds. The topological polar surface area (TPSA) is 59.1 Å². The lowest BCUT2D eigenvalue weighted by atomic mass is 9.92. The van der Waals surface area contributed by atoms with Crippen molar-refractivity contribution in [2.75, 3.05) is 25.2 Å². The molecule has 0 saturated heterocycles. The van der Waals surface area contributed by atoms with Gasteiger partial charge in [0.1, 0.15) is 6.61 Å². The second-order valence-electron chi connectivity index (χ2n) is 9.06. The van der Waals surface area contributed by atoms with Gasteiger partial charge in [0.25, 0.3) is 6.47 Å². The lowest BCUT2D eigenvalue weighted by Gasteiger charge is -2.42. The van der Waals surface area contributed by atoms with E-state index >= 15 is 0 Å². The number of nitrogens with zero attached hydrogens (tertiary/aromatic N) is 2. The van der Waals surface area contributed by atoms with E-state index in [1.165, 1.54) is 4.90 Å². The zero-order chi connectivity index (χ0) is 30.0. The summed E-state index contributed by atoms with van der Waals surface area (Å²) in [6.45, 7) is 0.794. The van der Waals surface area contributed by atoms with Crippen LogP contribution in [0.4, 0.5) is 50.0 Å². The van der Waals surface area contributed by atoms with Crippen molar-refractivity contribution in [1.82, 2.24) is 4.90 Å². The van der Waals surface area contributed by atoms with Gasteiger partial charge in [-0.15, -0.1) is 0 Å². The van der Waals surface area contributed by atoms with Gasteiger partial charge in [-0.2, -0.15) is 39.5 Å². The molecule has 0 bridgehead atoms. The van der Waals surface area contributed by atoms with Crippen molar-refractivity contribution in [2.45, 2.75) is 50.5 Å². The van der Waals surface area contributed by atoms with Gasteiger partial charge in [-0.1, -0.05) is 6.07 Å². The van der Waals surface area contributed by atoms with E-state index in [4.69, 9.17) is 9.47 Å². The smallest absolute Gasteiger partial charge is 0.416 e. The first-order chi connectivity index (χ1) is 18.5. The molecule has 15 heteroatoms. The van der Waals surface area contributed by atoms with E-state index in [1.54, 1.807) is 6.92 Å². The zero-order valence-electron chi connectivity index (χ0n) is 21.0. The molecular weight excluding hydrogens is 563 g/mol. The third-order valence-electron chi connectivity index (χ3n) is 6.39. The lowest BCUT2D eigenvalue weighted by Crippen LogP contribution is -2.45. The Morgan fingerprint density at radius 3 is 2.05 bits per heavy atom. The third-order valence-corrected chi connectivity index (χ3v) is 6.39. The zero-order valence-corrected chi connectivity index (χ0v) is 21.0. The molecule has 0 fully saturated rings. The van der Waals surface area contributed by atoms with Gasteiger partial charge in [-0.3, -0.25) is 9.69 Å². The number of carbonyl (C=O) groups excluding carboxylic acids is 2. The molecule has 2 unspecified atom stereocenters. The van der Waals surface area contributed by atoms with Gasteiger partial charge in [0, 0.05) is 18.8 Å². The summed E-state index contributed by atoms with van der Waals surface area (Å²) in [5.74, 6) is 0. The number of hydrogen-bond acceptors (Lipinski definition) is 5. The second kappa shape index (κ2) is 11.5. The molecule has 0 radical (unpaired) electrons. The van der Waals surface area contributed by atoms with Crippen LogP contribution in [0, 0.1) is 0 Å². The van der Waals surface area contributed by atoms with Gasteiger partial charge in [-0.25, -0.2) is 4.79 Å². The van der Waals surface area contributed by atoms with Crippen molar-refractivity contribution in [1.29, 1.82) is 0 Å². The van der Waals surface area contributed by atoms with Crippen LogP contribution in [0.2, 0.25) is 0 Å². The van der Waals surface area contributed by atoms with Crippen molar-refractivity contribution in [3.63, 3.8) is 0 Å². The normalized spacial score (nSPS) is 16.7. The van der Waals surface area contributed by atoms with Gasteiger partial charge in [-0.05, 0) is 54.8 Å². The van der Waals surface area contributed by atoms with Crippen LogP contribution in [0.5, 0.6) is 0 Å². The summed E-state index contributed by atoms with van der Waals surface area (Å²) in [6, 6.07) is 1.85. The van der Waals surface area contributed by atoms with Gasteiger partial charge in [0.2, 0.25) is 0 Å². The van der Waals surface area contributed by atoms with E-state index in [-0.39, 0.29) is 43.4 Å². The predicted octanol–water partition coefficient (Wildman–Crippen LogP) is 6.82. The van der Waals surface area contributed by atoms with E-state index in [1.807, 2.05) is 0 Å². The van der Waals surface area contributed by atoms with Crippen LogP contribution in [0.25, 0.3) is 0 Å². The van der Waals surface area contributed by atoms with Crippen LogP contribution in [0.3, 0.4) is 0 Å². The Morgan fingerprint density at radius 2 is 1.55 bits per heavy atom. The SMILES string of the molecule is COC(=O)N(Cc1cc(C(F)(F)F)cc(C(F)(F)F)c1)C1CCN(C(C)COC=O)c2cc(C(F)(F)F)ccc21. The molecular formula is C25H23F9N2O4. The molecule has 2 atom stereocenters. The number of ether oxygens (including phenoxy) is 2. The van der Waals surface area contributed by atoms with Crippen LogP contribution in [-0.2, 0) is 39.3 Å². The quantitative estimate of drug-likeness (QED) is 0.263. The van der Waals surface area contributed by atoms with Crippen LogP contribution in [-0.4, -0.2) is 43.8 Å². The number of rotatable bonds is 7. The Kier molecular flexibility index (Phi) is 8.84. The van der Waals surface area contributed by atoms with Crippen molar-refractivity contribution in [3.8, 4) is 0 Å². The van der Waals surface area contributed by atoms with Crippen LogP contribution in [0.1, 0.15) is 47.2 Å². The monoisotopic (exact) mass is 586 g/mol. The van der Waals surface area contributed by atoms with E-state index < -0.39 is 65.5 Å². The first kappa shape index (κ1) is 30.9. The van der Waals surface area contributed by atoms with E-state index in [2.05, 4.69) is 0 Å². The fourth-order valence-corrected chi connectivity index (χ4v) is 4.56. The fourth-order valence-electron chi connectivity index (χ4n) is 4.56. The molecule has 2 aromatic rings. The number of hydrogen-bond donors (Lipinski definition) is 0. The highest BCUT2D eigenvalue weighted by Gasteiger charge is 2.40. The number of carbonyl (C=O) groups is 2. The molecule has 1 aliphatic heterocycles. The number of halogens is 9. The van der Waals surface area contributed by atoms with Crippen molar-refractivity contribution in [2.24, 2.45) is 0 Å². The number of alkyl halides is 9. The summed E-state index contributed by atoms with van der Waals surface area (Å²) >= 11 is 0. The maximum absolute atomic E-state index is 13.5. The molecule has 2 aromatic carbocycles. The Morgan fingerprint density at radius 1 is 0.975 bits per heavy atom. The van der Waals surface area contributed by atoms with Crippen LogP contribution in [0.15, 0.2) is 36.4 Å². The van der Waals surface area contributed by atoms with Crippen LogP contribution >= 0.6 is 0 Å². The molecule has 0 spiro atoms. The number of amides is 1. The lowest BCUT2D eigenvalue weighted by molar-refractivity contribution is -0.143. The standard InChI is InChI=1S/C25H23F9N2O4/c1-14(12-40-13-37)35-6-5-20(19-4-3-16(10-21(19)35)23(26,27)28)36(22(38)39-2)11-15-7-17(24(29,30)31)9-18(8-15)25(32,33)34/h3-4,7-10,13-14,20H,5-6,11-12H2,1-2H3. The maximum Gasteiger partial charge on any atom is 0.416 e. The summed E-state index contributed by atoms with van der Waals surface area (Å²) in [5.41, 5.74) is -4.58. The number of benzene rings is 2. The second-order valence-corrected chi connectivity index (χ2v) is 9.06. The average molecular weight is 586 g/mol. The first-order valence-corrected chi connectivity index (χ1v) is 11.6. The molecule has 1 aliphatic rings. The summed E-state index contributed by atoms with van der Waals surface area (Å²) in [7, 11) is 0.949. The van der Waals surface area contributed by atoms with Gasteiger partial charge < -0.3 is 14.4 Å².